The summed E-state index contributed by atoms with van der Waals surface area (Å²) in [6, 6.07) is 2.74. The Hall–Kier alpha value is -1.98. The summed E-state index contributed by atoms with van der Waals surface area (Å²) in [5.74, 6) is -3.36. The minimum Gasteiger partial charge on any atom is -0.481 e. The average molecular weight is 325 g/mol. The molecule has 2 N–H and O–H groups in total. The molecule has 1 aliphatic carbocycles. The van der Waals surface area contributed by atoms with E-state index in [-0.39, 0.29) is 17.4 Å². The summed E-state index contributed by atoms with van der Waals surface area (Å²) in [7, 11) is 0. The summed E-state index contributed by atoms with van der Waals surface area (Å²) in [5, 5.41) is 11.9. The molecule has 6 heteroatoms. The SMILES string of the molecule is CCC(NC(=O)C1CCCC(C(=O)O)C1)c1ccc(F)cc1F. The van der Waals surface area contributed by atoms with E-state index >= 15 is 0 Å². The Morgan fingerprint density at radius 2 is 2.00 bits per heavy atom. The lowest BCUT2D eigenvalue weighted by Gasteiger charge is -2.28. The number of amides is 1. The van der Waals surface area contributed by atoms with Crippen LogP contribution in [0.25, 0.3) is 0 Å². The van der Waals surface area contributed by atoms with Crippen molar-refractivity contribution < 1.29 is 23.5 Å². The molecule has 1 aliphatic rings. The van der Waals surface area contributed by atoms with Crippen molar-refractivity contribution in [3.63, 3.8) is 0 Å². The van der Waals surface area contributed by atoms with Crippen molar-refractivity contribution in [3.8, 4) is 0 Å². The number of benzene rings is 1. The molecule has 0 aromatic heterocycles. The average Bonchev–Trinajstić information content (AvgIpc) is 2.53. The fourth-order valence-corrected chi connectivity index (χ4v) is 3.13. The van der Waals surface area contributed by atoms with Crippen LogP contribution in [0.15, 0.2) is 18.2 Å². The molecule has 0 aliphatic heterocycles. The summed E-state index contributed by atoms with van der Waals surface area (Å²) in [4.78, 5) is 23.5. The molecular formula is C17H21F2NO3. The van der Waals surface area contributed by atoms with E-state index in [4.69, 9.17) is 5.11 Å². The summed E-state index contributed by atoms with van der Waals surface area (Å²) < 4.78 is 26.9. The van der Waals surface area contributed by atoms with Crippen LogP contribution in [0.1, 0.15) is 50.6 Å². The first-order chi connectivity index (χ1) is 10.9. The highest BCUT2D eigenvalue weighted by atomic mass is 19.1. The Labute approximate surface area is 133 Å². The smallest absolute Gasteiger partial charge is 0.306 e. The molecule has 0 heterocycles. The van der Waals surface area contributed by atoms with E-state index < -0.39 is 29.6 Å². The summed E-state index contributed by atoms with van der Waals surface area (Å²) in [6.07, 6.45) is 2.69. The van der Waals surface area contributed by atoms with Gasteiger partial charge in [0.2, 0.25) is 5.91 Å². The Bertz CT molecular complexity index is 591. The number of carboxylic acid groups (broad SMARTS) is 1. The van der Waals surface area contributed by atoms with Gasteiger partial charge in [-0.3, -0.25) is 9.59 Å². The van der Waals surface area contributed by atoms with Crippen molar-refractivity contribution in [2.45, 2.75) is 45.1 Å². The summed E-state index contributed by atoms with van der Waals surface area (Å²) in [6.45, 7) is 1.80. The molecule has 2 rings (SSSR count). The minimum atomic E-state index is -0.876. The number of carbonyl (C=O) groups is 2. The number of hydrogen-bond acceptors (Lipinski definition) is 2. The Balaban J connectivity index is 2.06. The predicted molar refractivity (Wildman–Crippen MR) is 80.6 cm³/mol. The highest BCUT2D eigenvalue weighted by Gasteiger charge is 2.32. The van der Waals surface area contributed by atoms with E-state index in [2.05, 4.69) is 5.32 Å². The minimum absolute atomic E-state index is 0.243. The first kappa shape index (κ1) is 17.4. The van der Waals surface area contributed by atoms with Crippen molar-refractivity contribution in [2.24, 2.45) is 11.8 Å². The van der Waals surface area contributed by atoms with E-state index in [1.807, 2.05) is 0 Å². The first-order valence-corrected chi connectivity index (χ1v) is 7.90. The Kier molecular flexibility index (Phi) is 5.69. The van der Waals surface area contributed by atoms with Crippen LogP contribution in [0.3, 0.4) is 0 Å². The summed E-state index contributed by atoms with van der Waals surface area (Å²) in [5.41, 5.74) is 0.243. The number of aliphatic carboxylic acids is 1. The monoisotopic (exact) mass is 325 g/mol. The van der Waals surface area contributed by atoms with Crippen LogP contribution in [0.2, 0.25) is 0 Å². The molecule has 3 unspecified atom stereocenters. The molecule has 1 saturated carbocycles. The Morgan fingerprint density at radius 1 is 1.30 bits per heavy atom. The molecule has 4 nitrogen and oxygen atoms in total. The standard InChI is InChI=1S/C17H21F2NO3/c1-2-15(13-7-6-12(18)9-14(13)19)20-16(21)10-4-3-5-11(8-10)17(22)23/h6-7,9-11,15H,2-5,8H2,1H3,(H,20,21)(H,22,23). The predicted octanol–water partition coefficient (Wildman–Crippen LogP) is 3.42. The van der Waals surface area contributed by atoms with Crippen LogP contribution in [0, 0.1) is 23.5 Å². The molecule has 1 amide bonds. The van der Waals surface area contributed by atoms with E-state index in [0.717, 1.165) is 12.1 Å². The van der Waals surface area contributed by atoms with Gasteiger partial charge in [-0.1, -0.05) is 19.4 Å². The van der Waals surface area contributed by atoms with Gasteiger partial charge >= 0.3 is 5.97 Å². The number of rotatable bonds is 5. The van der Waals surface area contributed by atoms with E-state index in [1.54, 1.807) is 6.92 Å². The number of carboxylic acids is 1. The van der Waals surface area contributed by atoms with Crippen LogP contribution in [-0.2, 0) is 9.59 Å². The molecule has 1 aromatic rings. The highest BCUT2D eigenvalue weighted by Crippen LogP contribution is 2.30. The van der Waals surface area contributed by atoms with Crippen LogP contribution in [0.4, 0.5) is 8.78 Å². The highest BCUT2D eigenvalue weighted by molar-refractivity contribution is 5.80. The van der Waals surface area contributed by atoms with Crippen LogP contribution < -0.4 is 5.32 Å². The maximum absolute atomic E-state index is 13.9. The van der Waals surface area contributed by atoms with Crippen LogP contribution >= 0.6 is 0 Å². The molecule has 0 radical (unpaired) electrons. The van der Waals surface area contributed by atoms with E-state index in [0.29, 0.717) is 32.1 Å². The Morgan fingerprint density at radius 3 is 2.61 bits per heavy atom. The van der Waals surface area contributed by atoms with Gasteiger partial charge in [-0.15, -0.1) is 0 Å². The van der Waals surface area contributed by atoms with Gasteiger partial charge in [0.25, 0.3) is 0 Å². The summed E-state index contributed by atoms with van der Waals surface area (Å²) >= 11 is 0. The van der Waals surface area contributed by atoms with Crippen molar-refractivity contribution >= 4 is 11.9 Å². The third-order valence-corrected chi connectivity index (χ3v) is 4.46. The molecule has 0 bridgehead atoms. The number of carbonyl (C=O) groups excluding carboxylic acids is 1. The second-order valence-electron chi connectivity index (χ2n) is 6.03. The van der Waals surface area contributed by atoms with Gasteiger partial charge in [0.15, 0.2) is 0 Å². The van der Waals surface area contributed by atoms with Gasteiger partial charge in [0, 0.05) is 17.5 Å². The molecule has 23 heavy (non-hydrogen) atoms. The second kappa shape index (κ2) is 7.53. The molecular weight excluding hydrogens is 304 g/mol. The maximum atomic E-state index is 13.9. The van der Waals surface area contributed by atoms with E-state index in [9.17, 15) is 18.4 Å². The maximum Gasteiger partial charge on any atom is 0.306 e. The van der Waals surface area contributed by atoms with Crippen molar-refractivity contribution in [1.29, 1.82) is 0 Å². The fourth-order valence-electron chi connectivity index (χ4n) is 3.13. The fraction of sp³-hybridized carbons (Fsp3) is 0.529. The second-order valence-corrected chi connectivity index (χ2v) is 6.03. The molecule has 0 spiro atoms. The van der Waals surface area contributed by atoms with Crippen LogP contribution in [-0.4, -0.2) is 17.0 Å². The molecule has 3 atom stereocenters. The topological polar surface area (TPSA) is 66.4 Å². The van der Waals surface area contributed by atoms with Crippen molar-refractivity contribution in [3.05, 3.63) is 35.4 Å². The number of halogens is 2. The first-order valence-electron chi connectivity index (χ1n) is 7.90. The zero-order valence-electron chi connectivity index (χ0n) is 13.0. The zero-order valence-corrected chi connectivity index (χ0v) is 13.0. The van der Waals surface area contributed by atoms with E-state index in [1.165, 1.54) is 6.07 Å². The van der Waals surface area contributed by atoms with Gasteiger partial charge in [0.05, 0.1) is 12.0 Å². The van der Waals surface area contributed by atoms with Crippen molar-refractivity contribution in [2.75, 3.05) is 0 Å². The largest absolute Gasteiger partial charge is 0.481 e. The third kappa shape index (κ3) is 4.27. The van der Waals surface area contributed by atoms with Crippen molar-refractivity contribution in [1.82, 2.24) is 5.32 Å². The van der Waals surface area contributed by atoms with Gasteiger partial charge in [0.1, 0.15) is 11.6 Å². The lowest BCUT2D eigenvalue weighted by atomic mass is 9.81. The van der Waals surface area contributed by atoms with Gasteiger partial charge in [-0.25, -0.2) is 8.78 Å². The zero-order chi connectivity index (χ0) is 17.0. The number of hydrogen-bond donors (Lipinski definition) is 2. The normalized spacial score (nSPS) is 22.4. The number of nitrogens with one attached hydrogen (secondary N) is 1. The van der Waals surface area contributed by atoms with Crippen LogP contribution in [0.5, 0.6) is 0 Å². The molecule has 1 aromatic carbocycles. The van der Waals surface area contributed by atoms with Gasteiger partial charge in [-0.2, -0.15) is 0 Å². The molecule has 0 saturated heterocycles. The third-order valence-electron chi connectivity index (χ3n) is 4.46. The van der Waals surface area contributed by atoms with Gasteiger partial charge < -0.3 is 10.4 Å². The van der Waals surface area contributed by atoms with Gasteiger partial charge in [-0.05, 0) is 31.7 Å². The lowest BCUT2D eigenvalue weighted by molar-refractivity contribution is -0.144. The molecule has 126 valence electrons. The quantitative estimate of drug-likeness (QED) is 0.872. The lowest BCUT2D eigenvalue weighted by Crippen LogP contribution is -2.37. The molecule has 1 fully saturated rings.